The van der Waals surface area contributed by atoms with Gasteiger partial charge in [-0.25, -0.2) is 19.7 Å². The number of piperazine rings is 1. The van der Waals surface area contributed by atoms with Crippen molar-refractivity contribution in [1.29, 1.82) is 0 Å². The van der Waals surface area contributed by atoms with Crippen molar-refractivity contribution in [2.75, 3.05) is 50.8 Å². The lowest BCUT2D eigenvalue weighted by Crippen LogP contribution is -2.58. The number of pyridine rings is 1. The number of hydrogen-bond donors (Lipinski definition) is 0. The number of hydrogen-bond acceptors (Lipinski definition) is 7. The van der Waals surface area contributed by atoms with Crippen LogP contribution in [0, 0.1) is 5.41 Å². The quantitative estimate of drug-likeness (QED) is 0.750. The van der Waals surface area contributed by atoms with Gasteiger partial charge >= 0.3 is 6.09 Å². The molecule has 2 aromatic heterocycles. The van der Waals surface area contributed by atoms with E-state index in [1.54, 1.807) is 12.4 Å². The number of nitrogens with zero attached hydrogens (tertiary/aromatic N) is 6. The molecule has 0 aromatic carbocycles. The van der Waals surface area contributed by atoms with Crippen LogP contribution in [0.25, 0.3) is 11.4 Å². The molecule has 1 atom stereocenters. The Morgan fingerprint density at radius 1 is 1.10 bits per heavy atom. The summed E-state index contributed by atoms with van der Waals surface area (Å²) in [6.45, 7) is 8.00. The standard InChI is InChI=1S/C23H30N6O2/c1-2-31-22(30)29-16-23(17-29)7-6-18(15-23)27-11-13-28(14-12-27)21-19(5-3-8-26-21)20-24-9-4-10-25-20/h3-5,8-10,18H,2,6-7,11-17H2,1H3/t18-/m1/s1. The van der Waals surface area contributed by atoms with Crippen LogP contribution in [-0.2, 0) is 4.74 Å². The fourth-order valence-electron chi connectivity index (χ4n) is 5.44. The fraction of sp³-hybridized carbons (Fsp3) is 0.565. The Labute approximate surface area is 183 Å². The Balaban J connectivity index is 1.18. The second kappa shape index (κ2) is 8.42. The summed E-state index contributed by atoms with van der Waals surface area (Å²) >= 11 is 0. The van der Waals surface area contributed by atoms with Crippen molar-refractivity contribution in [3.63, 3.8) is 0 Å². The smallest absolute Gasteiger partial charge is 0.409 e. The lowest BCUT2D eigenvalue weighted by atomic mass is 9.78. The number of carbonyl (C=O) groups is 1. The van der Waals surface area contributed by atoms with Crippen molar-refractivity contribution in [2.24, 2.45) is 5.41 Å². The molecule has 0 unspecified atom stereocenters. The van der Waals surface area contributed by atoms with Gasteiger partial charge in [-0.15, -0.1) is 0 Å². The van der Waals surface area contributed by atoms with Crippen LogP contribution in [0.4, 0.5) is 10.6 Å². The zero-order valence-electron chi connectivity index (χ0n) is 18.1. The van der Waals surface area contributed by atoms with E-state index in [-0.39, 0.29) is 6.09 Å². The van der Waals surface area contributed by atoms with Crippen LogP contribution in [0.3, 0.4) is 0 Å². The highest BCUT2D eigenvalue weighted by molar-refractivity contribution is 5.71. The molecule has 1 saturated carbocycles. The second-order valence-corrected chi connectivity index (χ2v) is 8.92. The molecule has 8 heteroatoms. The Hall–Kier alpha value is -2.74. The molecule has 31 heavy (non-hydrogen) atoms. The van der Waals surface area contributed by atoms with Crippen molar-refractivity contribution < 1.29 is 9.53 Å². The number of amides is 1. The van der Waals surface area contributed by atoms with E-state index in [9.17, 15) is 4.79 Å². The van der Waals surface area contributed by atoms with Gasteiger partial charge in [-0.3, -0.25) is 4.90 Å². The zero-order chi connectivity index (χ0) is 21.3. The molecule has 164 valence electrons. The Morgan fingerprint density at radius 2 is 1.84 bits per heavy atom. The summed E-state index contributed by atoms with van der Waals surface area (Å²) in [6.07, 6.45) is 8.87. The van der Waals surface area contributed by atoms with Gasteiger partial charge in [-0.1, -0.05) is 0 Å². The van der Waals surface area contributed by atoms with Crippen LogP contribution in [0.2, 0.25) is 0 Å². The van der Waals surface area contributed by atoms with E-state index >= 15 is 0 Å². The van der Waals surface area contributed by atoms with E-state index in [1.165, 1.54) is 19.3 Å². The van der Waals surface area contributed by atoms with Crippen LogP contribution >= 0.6 is 0 Å². The van der Waals surface area contributed by atoms with E-state index in [1.807, 2.05) is 30.2 Å². The number of aromatic nitrogens is 3. The number of anilines is 1. The highest BCUT2D eigenvalue weighted by atomic mass is 16.6. The van der Waals surface area contributed by atoms with Crippen molar-refractivity contribution in [3.05, 3.63) is 36.8 Å². The third-order valence-corrected chi connectivity index (χ3v) is 6.98. The van der Waals surface area contributed by atoms with Crippen molar-refractivity contribution in [3.8, 4) is 11.4 Å². The van der Waals surface area contributed by atoms with Crippen molar-refractivity contribution in [2.45, 2.75) is 32.2 Å². The highest BCUT2D eigenvalue weighted by Gasteiger charge is 2.51. The molecule has 4 heterocycles. The number of likely N-dealkylation sites (tertiary alicyclic amines) is 1. The van der Waals surface area contributed by atoms with Gasteiger partial charge in [0.1, 0.15) is 5.82 Å². The van der Waals surface area contributed by atoms with E-state index < -0.39 is 0 Å². The minimum atomic E-state index is -0.154. The molecule has 2 aliphatic heterocycles. The topological polar surface area (TPSA) is 74.7 Å². The molecule has 3 fully saturated rings. The summed E-state index contributed by atoms with van der Waals surface area (Å²) < 4.78 is 5.14. The molecule has 2 saturated heterocycles. The maximum Gasteiger partial charge on any atom is 0.409 e. The summed E-state index contributed by atoms with van der Waals surface area (Å²) in [5.41, 5.74) is 1.30. The molecule has 0 bridgehead atoms. The summed E-state index contributed by atoms with van der Waals surface area (Å²) in [4.78, 5) is 32.3. The Bertz CT molecular complexity index is 909. The summed E-state index contributed by atoms with van der Waals surface area (Å²) in [5, 5.41) is 0. The van der Waals surface area contributed by atoms with E-state index in [0.29, 0.717) is 18.1 Å². The molecular formula is C23H30N6O2. The Morgan fingerprint density at radius 3 is 2.58 bits per heavy atom. The number of carbonyl (C=O) groups excluding carboxylic acids is 1. The predicted molar refractivity (Wildman–Crippen MR) is 118 cm³/mol. The van der Waals surface area contributed by atoms with Crippen LogP contribution in [-0.4, -0.2) is 82.8 Å². The third kappa shape index (κ3) is 3.96. The second-order valence-electron chi connectivity index (χ2n) is 8.92. The summed E-state index contributed by atoms with van der Waals surface area (Å²) in [6, 6.07) is 6.45. The Kier molecular flexibility index (Phi) is 5.48. The molecule has 3 aliphatic rings. The molecule has 2 aromatic rings. The van der Waals surface area contributed by atoms with Crippen molar-refractivity contribution in [1.82, 2.24) is 24.8 Å². The summed E-state index contributed by atoms with van der Waals surface area (Å²) in [5.74, 6) is 1.70. The van der Waals surface area contributed by atoms with Gasteiger partial charge in [-0.05, 0) is 44.4 Å². The largest absolute Gasteiger partial charge is 0.450 e. The monoisotopic (exact) mass is 422 g/mol. The first kappa shape index (κ1) is 20.2. The molecule has 1 amide bonds. The predicted octanol–water partition coefficient (Wildman–Crippen LogP) is 2.67. The first-order valence-electron chi connectivity index (χ1n) is 11.3. The van der Waals surface area contributed by atoms with Crippen molar-refractivity contribution >= 4 is 11.9 Å². The van der Waals surface area contributed by atoms with Crippen LogP contribution < -0.4 is 4.90 Å². The zero-order valence-corrected chi connectivity index (χ0v) is 18.1. The minimum Gasteiger partial charge on any atom is -0.450 e. The molecule has 1 spiro atoms. The normalized spacial score (nSPS) is 23.1. The number of ether oxygens (including phenoxy) is 1. The molecule has 0 N–H and O–H groups in total. The SMILES string of the molecule is CCOC(=O)N1CC2(CC[C@@H](N3CCN(c4ncccc4-c4ncccn4)CC3)C2)C1. The molecule has 0 radical (unpaired) electrons. The van der Waals surface area contributed by atoms with Crippen LogP contribution in [0.5, 0.6) is 0 Å². The van der Waals surface area contributed by atoms with Gasteiger partial charge in [0.2, 0.25) is 0 Å². The molecule has 1 aliphatic carbocycles. The summed E-state index contributed by atoms with van der Waals surface area (Å²) in [7, 11) is 0. The average molecular weight is 423 g/mol. The maximum absolute atomic E-state index is 11.9. The highest BCUT2D eigenvalue weighted by Crippen LogP contribution is 2.47. The third-order valence-electron chi connectivity index (χ3n) is 6.98. The van der Waals surface area contributed by atoms with Gasteiger partial charge in [0.25, 0.3) is 0 Å². The van der Waals surface area contributed by atoms with Crippen LogP contribution in [0.15, 0.2) is 36.8 Å². The molecule has 8 nitrogen and oxygen atoms in total. The van der Waals surface area contributed by atoms with Gasteiger partial charge < -0.3 is 14.5 Å². The van der Waals surface area contributed by atoms with Crippen LogP contribution in [0.1, 0.15) is 26.2 Å². The first-order valence-corrected chi connectivity index (χ1v) is 11.3. The van der Waals surface area contributed by atoms with E-state index in [4.69, 9.17) is 4.74 Å². The van der Waals surface area contributed by atoms with Gasteiger partial charge in [-0.2, -0.15) is 0 Å². The molecule has 5 rings (SSSR count). The minimum absolute atomic E-state index is 0.154. The van der Waals surface area contributed by atoms with Gasteiger partial charge in [0.05, 0.1) is 12.2 Å². The lowest BCUT2D eigenvalue weighted by Gasteiger charge is -2.48. The fourth-order valence-corrected chi connectivity index (χ4v) is 5.44. The van der Waals surface area contributed by atoms with Gasteiger partial charge in [0, 0.05) is 69.3 Å². The lowest BCUT2D eigenvalue weighted by molar-refractivity contribution is -0.00294. The number of rotatable bonds is 4. The average Bonchev–Trinajstić information content (AvgIpc) is 3.25. The first-order chi connectivity index (χ1) is 15.2. The van der Waals surface area contributed by atoms with Gasteiger partial charge in [0.15, 0.2) is 5.82 Å². The van der Waals surface area contributed by atoms with E-state index in [0.717, 1.165) is 56.5 Å². The van der Waals surface area contributed by atoms with E-state index in [2.05, 4.69) is 30.8 Å². The maximum atomic E-state index is 11.9. The molecular weight excluding hydrogens is 392 g/mol.